The summed E-state index contributed by atoms with van der Waals surface area (Å²) in [6.07, 6.45) is 0.829. The van der Waals surface area contributed by atoms with Gasteiger partial charge in [0.05, 0.1) is 12.8 Å². The third kappa shape index (κ3) is 3.26. The van der Waals surface area contributed by atoms with Gasteiger partial charge in [-0.2, -0.15) is 0 Å². The minimum absolute atomic E-state index is 0.00740. The molecule has 23 heavy (non-hydrogen) atoms. The van der Waals surface area contributed by atoms with Gasteiger partial charge in [0.25, 0.3) is 0 Å². The molecule has 2 aromatic rings. The summed E-state index contributed by atoms with van der Waals surface area (Å²) in [5.74, 6) is 0.119. The number of rotatable bonds is 4. The first-order valence-electron chi connectivity index (χ1n) is 7.74. The quantitative estimate of drug-likeness (QED) is 0.943. The van der Waals surface area contributed by atoms with Gasteiger partial charge in [-0.25, -0.2) is 0 Å². The number of fused-ring (bicyclic) bond motifs is 1. The van der Waals surface area contributed by atoms with Crippen LogP contribution in [0.25, 0.3) is 0 Å². The Labute approximate surface area is 136 Å². The lowest BCUT2D eigenvalue weighted by atomic mass is 10.1. The Morgan fingerprint density at radius 3 is 2.78 bits per heavy atom. The highest BCUT2D eigenvalue weighted by molar-refractivity contribution is 6.00. The van der Waals surface area contributed by atoms with Crippen molar-refractivity contribution >= 4 is 17.5 Å². The minimum atomic E-state index is 0.00740. The normalized spacial score (nSPS) is 13.1. The number of likely N-dealkylation sites (N-methyl/N-ethyl adjacent to an activating group) is 1. The Hall–Kier alpha value is -2.62. The molecule has 4 nitrogen and oxygen atoms in total. The molecule has 4 heteroatoms. The summed E-state index contributed by atoms with van der Waals surface area (Å²) in [6.45, 7) is 2.49. The van der Waals surface area contributed by atoms with Gasteiger partial charge in [0.2, 0.25) is 11.8 Å². The maximum Gasteiger partial charge on any atom is 0.231 e. The van der Waals surface area contributed by atoms with Gasteiger partial charge < -0.3 is 10.2 Å². The lowest BCUT2D eigenvalue weighted by Gasteiger charge is -2.11. The second-order valence-electron chi connectivity index (χ2n) is 5.97. The van der Waals surface area contributed by atoms with Crippen molar-refractivity contribution in [1.29, 1.82) is 0 Å². The van der Waals surface area contributed by atoms with Crippen LogP contribution in [0.2, 0.25) is 0 Å². The Bertz CT molecular complexity index is 768. The van der Waals surface area contributed by atoms with E-state index in [-0.39, 0.29) is 11.8 Å². The molecule has 3 rings (SSSR count). The van der Waals surface area contributed by atoms with Crippen LogP contribution in [0.5, 0.6) is 0 Å². The molecule has 1 heterocycles. The van der Waals surface area contributed by atoms with Crippen molar-refractivity contribution in [2.75, 3.05) is 11.9 Å². The maximum atomic E-state index is 12.1. The standard InChI is InChI=1S/C19H20N2O2/c1-13-5-3-4-6-15(13)10-18(22)20-12-14-7-8-17-16(9-14)11-19(23)21(17)2/h3-9H,10-12H2,1-2H3,(H,20,22). The molecule has 1 N–H and O–H groups in total. The van der Waals surface area contributed by atoms with Crippen LogP contribution in [0, 0.1) is 6.92 Å². The first kappa shape index (κ1) is 15.3. The molecule has 0 radical (unpaired) electrons. The fourth-order valence-corrected chi connectivity index (χ4v) is 2.88. The molecule has 0 bridgehead atoms. The number of carbonyl (C=O) groups is 2. The van der Waals surface area contributed by atoms with Crippen LogP contribution in [0.15, 0.2) is 42.5 Å². The zero-order valence-corrected chi connectivity index (χ0v) is 13.4. The molecule has 0 saturated heterocycles. The van der Waals surface area contributed by atoms with E-state index in [0.717, 1.165) is 27.9 Å². The summed E-state index contributed by atoms with van der Waals surface area (Å²) >= 11 is 0. The molecule has 118 valence electrons. The lowest BCUT2D eigenvalue weighted by molar-refractivity contribution is -0.120. The number of benzene rings is 2. The van der Waals surface area contributed by atoms with E-state index in [1.54, 1.807) is 11.9 Å². The molecule has 2 amide bonds. The third-order valence-electron chi connectivity index (χ3n) is 4.32. The van der Waals surface area contributed by atoms with Gasteiger partial charge in [0.15, 0.2) is 0 Å². The summed E-state index contributed by atoms with van der Waals surface area (Å²) in [5.41, 5.74) is 5.19. The zero-order valence-electron chi connectivity index (χ0n) is 13.4. The van der Waals surface area contributed by atoms with Gasteiger partial charge in [-0.05, 0) is 35.2 Å². The van der Waals surface area contributed by atoms with Crippen molar-refractivity contribution < 1.29 is 9.59 Å². The summed E-state index contributed by atoms with van der Waals surface area (Å²) in [7, 11) is 1.79. The van der Waals surface area contributed by atoms with Crippen LogP contribution < -0.4 is 10.2 Å². The van der Waals surface area contributed by atoms with Crippen LogP contribution in [0.4, 0.5) is 5.69 Å². The lowest BCUT2D eigenvalue weighted by Crippen LogP contribution is -2.24. The van der Waals surface area contributed by atoms with Gasteiger partial charge in [0, 0.05) is 19.3 Å². The molecule has 0 aromatic heterocycles. The van der Waals surface area contributed by atoms with E-state index in [4.69, 9.17) is 0 Å². The first-order valence-corrected chi connectivity index (χ1v) is 7.74. The van der Waals surface area contributed by atoms with Gasteiger partial charge in [-0.15, -0.1) is 0 Å². The summed E-state index contributed by atoms with van der Waals surface area (Å²) in [6, 6.07) is 13.8. The largest absolute Gasteiger partial charge is 0.352 e. The molecule has 0 unspecified atom stereocenters. The second kappa shape index (κ2) is 6.24. The average molecular weight is 308 g/mol. The van der Waals surface area contributed by atoms with Crippen LogP contribution in [0.1, 0.15) is 22.3 Å². The highest BCUT2D eigenvalue weighted by Gasteiger charge is 2.23. The molecule has 1 aliphatic heterocycles. The number of hydrogen-bond donors (Lipinski definition) is 1. The SMILES string of the molecule is Cc1ccccc1CC(=O)NCc1ccc2c(c1)CC(=O)N2C. The predicted octanol–water partition coefficient (Wildman–Crippen LogP) is 2.37. The Morgan fingerprint density at radius 1 is 1.22 bits per heavy atom. The number of hydrogen-bond acceptors (Lipinski definition) is 2. The second-order valence-corrected chi connectivity index (χ2v) is 5.97. The van der Waals surface area contributed by atoms with Crippen LogP contribution in [-0.4, -0.2) is 18.9 Å². The Kier molecular flexibility index (Phi) is 4.15. The fourth-order valence-electron chi connectivity index (χ4n) is 2.88. The topological polar surface area (TPSA) is 49.4 Å². The highest BCUT2D eigenvalue weighted by atomic mass is 16.2. The number of aryl methyl sites for hydroxylation is 1. The fraction of sp³-hybridized carbons (Fsp3) is 0.263. The van der Waals surface area contributed by atoms with E-state index in [2.05, 4.69) is 5.32 Å². The number of carbonyl (C=O) groups excluding carboxylic acids is 2. The van der Waals surface area contributed by atoms with Gasteiger partial charge >= 0.3 is 0 Å². The molecule has 1 aliphatic rings. The van der Waals surface area contributed by atoms with Crippen molar-refractivity contribution in [2.24, 2.45) is 0 Å². The van der Waals surface area contributed by atoms with Crippen LogP contribution in [-0.2, 0) is 29.0 Å². The Balaban J connectivity index is 1.61. The average Bonchev–Trinajstić information content (AvgIpc) is 2.82. The van der Waals surface area contributed by atoms with E-state index in [1.807, 2.05) is 49.4 Å². The van der Waals surface area contributed by atoms with Gasteiger partial charge in [-0.1, -0.05) is 36.4 Å². The van der Waals surface area contributed by atoms with Crippen molar-refractivity contribution in [3.63, 3.8) is 0 Å². The first-order chi connectivity index (χ1) is 11.0. The minimum Gasteiger partial charge on any atom is -0.352 e. The maximum absolute atomic E-state index is 12.1. The number of nitrogens with zero attached hydrogens (tertiary/aromatic N) is 1. The molecule has 0 aliphatic carbocycles. The molecular weight excluding hydrogens is 288 g/mol. The molecule has 2 aromatic carbocycles. The van der Waals surface area contributed by atoms with Crippen LogP contribution in [0.3, 0.4) is 0 Å². The number of nitrogens with one attached hydrogen (secondary N) is 1. The van der Waals surface area contributed by atoms with E-state index in [1.165, 1.54) is 0 Å². The predicted molar refractivity (Wildman–Crippen MR) is 90.3 cm³/mol. The van der Waals surface area contributed by atoms with E-state index in [9.17, 15) is 9.59 Å². The van der Waals surface area contributed by atoms with E-state index >= 15 is 0 Å². The van der Waals surface area contributed by atoms with Crippen molar-refractivity contribution in [3.8, 4) is 0 Å². The van der Waals surface area contributed by atoms with Gasteiger partial charge in [0.1, 0.15) is 0 Å². The van der Waals surface area contributed by atoms with Crippen molar-refractivity contribution in [2.45, 2.75) is 26.3 Å². The monoisotopic (exact) mass is 308 g/mol. The highest BCUT2D eigenvalue weighted by Crippen LogP contribution is 2.28. The summed E-state index contributed by atoms with van der Waals surface area (Å²) < 4.78 is 0. The molecule has 0 spiro atoms. The van der Waals surface area contributed by atoms with E-state index in [0.29, 0.717) is 19.4 Å². The third-order valence-corrected chi connectivity index (χ3v) is 4.32. The molecule has 0 atom stereocenters. The van der Waals surface area contributed by atoms with E-state index < -0.39 is 0 Å². The Morgan fingerprint density at radius 2 is 2.00 bits per heavy atom. The number of amides is 2. The number of anilines is 1. The van der Waals surface area contributed by atoms with Crippen molar-refractivity contribution in [1.82, 2.24) is 5.32 Å². The molecule has 0 fully saturated rings. The van der Waals surface area contributed by atoms with Crippen molar-refractivity contribution in [3.05, 3.63) is 64.7 Å². The zero-order chi connectivity index (χ0) is 16.4. The van der Waals surface area contributed by atoms with Crippen LogP contribution >= 0.6 is 0 Å². The summed E-state index contributed by atoms with van der Waals surface area (Å²) in [4.78, 5) is 25.5. The summed E-state index contributed by atoms with van der Waals surface area (Å²) in [5, 5.41) is 2.95. The van der Waals surface area contributed by atoms with Gasteiger partial charge in [-0.3, -0.25) is 9.59 Å². The molecular formula is C19H20N2O2. The molecule has 0 saturated carbocycles. The smallest absolute Gasteiger partial charge is 0.231 e.